The molecule has 0 aliphatic rings. The molecule has 2 aromatic carbocycles. The van der Waals surface area contributed by atoms with Crippen LogP contribution in [0, 0.1) is 0 Å². The lowest BCUT2D eigenvalue weighted by Crippen LogP contribution is -2.33. The summed E-state index contributed by atoms with van der Waals surface area (Å²) >= 11 is 0. The maximum absolute atomic E-state index is 12.5. The molecule has 0 bridgehead atoms. The topological polar surface area (TPSA) is 106 Å². The van der Waals surface area contributed by atoms with Gasteiger partial charge in [-0.3, -0.25) is 14.4 Å². The third-order valence-corrected chi connectivity index (χ3v) is 3.84. The average Bonchev–Trinajstić information content (AvgIpc) is 2.70. The van der Waals surface area contributed by atoms with Crippen molar-refractivity contribution in [1.29, 1.82) is 0 Å². The summed E-state index contributed by atoms with van der Waals surface area (Å²) in [5.74, 6) is 0.189. The monoisotopic (exact) mass is 385 g/mol. The van der Waals surface area contributed by atoms with Crippen molar-refractivity contribution in [1.82, 2.24) is 10.6 Å². The second-order valence-corrected chi connectivity index (χ2v) is 5.84. The van der Waals surface area contributed by atoms with Crippen LogP contribution < -0.4 is 25.4 Å². The minimum atomic E-state index is -0.358. The zero-order valence-corrected chi connectivity index (χ0v) is 16.0. The van der Waals surface area contributed by atoms with Gasteiger partial charge in [-0.2, -0.15) is 0 Å². The Bertz CT molecular complexity index is 849. The van der Waals surface area contributed by atoms with Crippen LogP contribution in [0.5, 0.6) is 11.5 Å². The first-order valence-electron chi connectivity index (χ1n) is 8.60. The van der Waals surface area contributed by atoms with Crippen molar-refractivity contribution in [2.24, 2.45) is 0 Å². The highest BCUT2D eigenvalue weighted by molar-refractivity contribution is 6.06. The number of carbonyl (C=O) groups excluding carboxylic acids is 3. The standard InChI is InChI=1S/C20H23N3O5/c1-13(24)21-10-11-22-19(25)14-4-6-15(7-5-14)23-20(26)17-12-16(27-2)8-9-18(17)28-3/h4-9,12H,10-11H2,1-3H3,(H,21,24)(H,22,25)(H,23,26). The number of benzene rings is 2. The summed E-state index contributed by atoms with van der Waals surface area (Å²) in [6, 6.07) is 11.4. The van der Waals surface area contributed by atoms with Gasteiger partial charge in [0.1, 0.15) is 11.5 Å². The Labute approximate surface area is 163 Å². The molecule has 3 amide bonds. The first kappa shape index (κ1) is 20.8. The number of anilines is 1. The lowest BCUT2D eigenvalue weighted by molar-refractivity contribution is -0.118. The van der Waals surface area contributed by atoms with Crippen molar-refractivity contribution in [2.45, 2.75) is 6.92 Å². The van der Waals surface area contributed by atoms with Gasteiger partial charge < -0.3 is 25.4 Å². The fraction of sp³-hybridized carbons (Fsp3) is 0.250. The maximum atomic E-state index is 12.5. The maximum Gasteiger partial charge on any atom is 0.259 e. The van der Waals surface area contributed by atoms with Gasteiger partial charge in [-0.1, -0.05) is 0 Å². The van der Waals surface area contributed by atoms with Crippen molar-refractivity contribution in [3.63, 3.8) is 0 Å². The van der Waals surface area contributed by atoms with Crippen LogP contribution in [0.2, 0.25) is 0 Å². The van der Waals surface area contributed by atoms with E-state index in [9.17, 15) is 14.4 Å². The Morgan fingerprint density at radius 1 is 0.857 bits per heavy atom. The van der Waals surface area contributed by atoms with E-state index >= 15 is 0 Å². The number of nitrogens with one attached hydrogen (secondary N) is 3. The zero-order chi connectivity index (χ0) is 20.5. The molecule has 8 heteroatoms. The molecule has 0 atom stereocenters. The van der Waals surface area contributed by atoms with Gasteiger partial charge in [-0.15, -0.1) is 0 Å². The lowest BCUT2D eigenvalue weighted by atomic mass is 10.1. The summed E-state index contributed by atoms with van der Waals surface area (Å²) in [5, 5.41) is 8.05. The first-order valence-corrected chi connectivity index (χ1v) is 8.60. The predicted molar refractivity (Wildman–Crippen MR) is 105 cm³/mol. The molecule has 28 heavy (non-hydrogen) atoms. The number of carbonyl (C=O) groups is 3. The third kappa shape index (κ3) is 5.73. The fourth-order valence-corrected chi connectivity index (χ4v) is 2.41. The predicted octanol–water partition coefficient (Wildman–Crippen LogP) is 1.82. The van der Waals surface area contributed by atoms with E-state index in [4.69, 9.17) is 9.47 Å². The van der Waals surface area contributed by atoms with Gasteiger partial charge in [-0.25, -0.2) is 0 Å². The van der Waals surface area contributed by atoms with E-state index in [-0.39, 0.29) is 17.7 Å². The Morgan fingerprint density at radius 3 is 2.14 bits per heavy atom. The Balaban J connectivity index is 1.99. The molecule has 0 saturated heterocycles. The molecule has 0 saturated carbocycles. The van der Waals surface area contributed by atoms with Crippen LogP contribution in [0.4, 0.5) is 5.69 Å². The smallest absolute Gasteiger partial charge is 0.259 e. The molecule has 3 N–H and O–H groups in total. The van der Waals surface area contributed by atoms with Crippen molar-refractivity contribution in [3.05, 3.63) is 53.6 Å². The van der Waals surface area contributed by atoms with Gasteiger partial charge in [0.15, 0.2) is 0 Å². The van der Waals surface area contributed by atoms with Gasteiger partial charge in [0.05, 0.1) is 19.8 Å². The normalized spacial score (nSPS) is 9.96. The van der Waals surface area contributed by atoms with Crippen LogP contribution in [-0.2, 0) is 4.79 Å². The summed E-state index contributed by atoms with van der Waals surface area (Å²) in [7, 11) is 3.00. The molecule has 148 valence electrons. The van der Waals surface area contributed by atoms with Crippen molar-refractivity contribution in [2.75, 3.05) is 32.6 Å². The number of methoxy groups -OCH3 is 2. The molecule has 0 aliphatic heterocycles. The number of ether oxygens (including phenoxy) is 2. The molecule has 0 unspecified atom stereocenters. The molecule has 0 spiro atoms. The average molecular weight is 385 g/mol. The van der Waals surface area contributed by atoms with E-state index in [0.717, 1.165) is 0 Å². The molecule has 0 aliphatic carbocycles. The van der Waals surface area contributed by atoms with Gasteiger partial charge in [0.2, 0.25) is 5.91 Å². The Hall–Kier alpha value is -3.55. The molecule has 0 aromatic heterocycles. The van der Waals surface area contributed by atoms with E-state index in [1.54, 1.807) is 42.5 Å². The molecular weight excluding hydrogens is 362 g/mol. The molecular formula is C20H23N3O5. The quantitative estimate of drug-likeness (QED) is 0.601. The molecule has 2 rings (SSSR count). The number of hydrogen-bond donors (Lipinski definition) is 3. The SMILES string of the molecule is COc1ccc(OC)c(C(=O)Nc2ccc(C(=O)NCCNC(C)=O)cc2)c1. The largest absolute Gasteiger partial charge is 0.497 e. The number of rotatable bonds is 8. The van der Waals surface area contributed by atoms with Crippen LogP contribution in [0.25, 0.3) is 0 Å². The van der Waals surface area contributed by atoms with Crippen molar-refractivity contribution >= 4 is 23.4 Å². The minimum absolute atomic E-state index is 0.151. The third-order valence-electron chi connectivity index (χ3n) is 3.84. The summed E-state index contributed by atoms with van der Waals surface area (Å²) in [6.45, 7) is 2.10. The van der Waals surface area contributed by atoms with E-state index in [2.05, 4.69) is 16.0 Å². The van der Waals surface area contributed by atoms with E-state index < -0.39 is 0 Å². The van der Waals surface area contributed by atoms with Crippen LogP contribution in [0.3, 0.4) is 0 Å². The molecule has 8 nitrogen and oxygen atoms in total. The Kier molecular flexibility index (Phi) is 7.38. The summed E-state index contributed by atoms with van der Waals surface area (Å²) < 4.78 is 10.4. The van der Waals surface area contributed by atoms with E-state index in [0.29, 0.717) is 41.4 Å². The van der Waals surface area contributed by atoms with E-state index in [1.807, 2.05) is 0 Å². The summed E-state index contributed by atoms with van der Waals surface area (Å²) in [5.41, 5.74) is 1.31. The summed E-state index contributed by atoms with van der Waals surface area (Å²) in [6.07, 6.45) is 0. The lowest BCUT2D eigenvalue weighted by Gasteiger charge is -2.11. The molecule has 0 fully saturated rings. The minimum Gasteiger partial charge on any atom is -0.497 e. The van der Waals surface area contributed by atoms with Crippen molar-refractivity contribution < 1.29 is 23.9 Å². The van der Waals surface area contributed by atoms with Gasteiger partial charge >= 0.3 is 0 Å². The second kappa shape index (κ2) is 9.96. The highest BCUT2D eigenvalue weighted by atomic mass is 16.5. The van der Waals surface area contributed by atoms with Gasteiger partial charge in [0.25, 0.3) is 11.8 Å². The zero-order valence-electron chi connectivity index (χ0n) is 16.0. The highest BCUT2D eigenvalue weighted by Crippen LogP contribution is 2.25. The first-order chi connectivity index (χ1) is 13.4. The number of hydrogen-bond acceptors (Lipinski definition) is 5. The summed E-state index contributed by atoms with van der Waals surface area (Å²) in [4.78, 5) is 35.4. The van der Waals surface area contributed by atoms with Crippen LogP contribution >= 0.6 is 0 Å². The van der Waals surface area contributed by atoms with Crippen LogP contribution in [-0.4, -0.2) is 45.0 Å². The Morgan fingerprint density at radius 2 is 1.54 bits per heavy atom. The molecule has 0 radical (unpaired) electrons. The second-order valence-electron chi connectivity index (χ2n) is 5.84. The van der Waals surface area contributed by atoms with E-state index in [1.165, 1.54) is 21.1 Å². The fourth-order valence-electron chi connectivity index (χ4n) is 2.41. The number of amides is 3. The van der Waals surface area contributed by atoms with Crippen LogP contribution in [0.15, 0.2) is 42.5 Å². The molecule has 2 aromatic rings. The van der Waals surface area contributed by atoms with Crippen molar-refractivity contribution in [3.8, 4) is 11.5 Å². The van der Waals surface area contributed by atoms with Gasteiger partial charge in [0, 0.05) is 31.3 Å². The highest BCUT2D eigenvalue weighted by Gasteiger charge is 2.14. The van der Waals surface area contributed by atoms with Crippen LogP contribution in [0.1, 0.15) is 27.6 Å². The van der Waals surface area contributed by atoms with Gasteiger partial charge in [-0.05, 0) is 42.5 Å². The molecule has 0 heterocycles.